The van der Waals surface area contributed by atoms with Crippen LogP contribution in [-0.4, -0.2) is 30.5 Å². The van der Waals surface area contributed by atoms with Crippen molar-refractivity contribution in [2.24, 2.45) is 5.73 Å². The van der Waals surface area contributed by atoms with E-state index in [2.05, 4.69) is 0 Å². The average Bonchev–Trinajstić information content (AvgIpc) is 2.20. The molecule has 3 nitrogen and oxygen atoms in total. The van der Waals surface area contributed by atoms with Crippen LogP contribution in [0.4, 0.5) is 0 Å². The minimum Gasteiger partial charge on any atom is -0.392 e. The SMILES string of the molecule is C[C@@H]1OC/C(=C/CO)[C@H]1N. The van der Waals surface area contributed by atoms with Crippen LogP contribution < -0.4 is 5.73 Å². The maximum Gasteiger partial charge on any atom is 0.0741 e. The van der Waals surface area contributed by atoms with Crippen molar-refractivity contribution in [2.75, 3.05) is 13.2 Å². The Labute approximate surface area is 60.5 Å². The molecule has 0 spiro atoms. The van der Waals surface area contributed by atoms with Crippen LogP contribution in [0.15, 0.2) is 11.6 Å². The molecule has 1 rings (SSSR count). The molecule has 1 saturated heterocycles. The molecular weight excluding hydrogens is 130 g/mol. The lowest BCUT2D eigenvalue weighted by Gasteiger charge is -2.07. The lowest BCUT2D eigenvalue weighted by molar-refractivity contribution is 0.121. The van der Waals surface area contributed by atoms with E-state index in [0.717, 1.165) is 5.57 Å². The first kappa shape index (κ1) is 7.72. The van der Waals surface area contributed by atoms with E-state index in [1.54, 1.807) is 6.08 Å². The second-order valence-corrected chi connectivity index (χ2v) is 2.50. The van der Waals surface area contributed by atoms with Crippen LogP contribution in [0, 0.1) is 0 Å². The van der Waals surface area contributed by atoms with Gasteiger partial charge in [0.05, 0.1) is 25.4 Å². The van der Waals surface area contributed by atoms with Crippen molar-refractivity contribution in [2.45, 2.75) is 19.1 Å². The predicted molar refractivity (Wildman–Crippen MR) is 38.6 cm³/mol. The fraction of sp³-hybridized carbons (Fsp3) is 0.714. The van der Waals surface area contributed by atoms with Crippen molar-refractivity contribution in [3.63, 3.8) is 0 Å². The molecule has 0 unspecified atom stereocenters. The summed E-state index contributed by atoms with van der Waals surface area (Å²) in [4.78, 5) is 0. The lowest BCUT2D eigenvalue weighted by Crippen LogP contribution is -2.28. The standard InChI is InChI=1S/C7H13NO2/c1-5-7(8)6(2-3-9)4-10-5/h2,5,7,9H,3-4,8H2,1H3/b6-2-/t5-,7-/m0/s1. The maximum absolute atomic E-state index is 8.54. The molecule has 1 aliphatic heterocycles. The van der Waals surface area contributed by atoms with E-state index in [0.29, 0.717) is 6.61 Å². The van der Waals surface area contributed by atoms with E-state index in [1.807, 2.05) is 6.92 Å². The van der Waals surface area contributed by atoms with Crippen molar-refractivity contribution in [3.05, 3.63) is 11.6 Å². The fourth-order valence-corrected chi connectivity index (χ4v) is 1.04. The van der Waals surface area contributed by atoms with Crippen LogP contribution in [0.5, 0.6) is 0 Å². The van der Waals surface area contributed by atoms with Gasteiger partial charge in [-0.25, -0.2) is 0 Å². The fourth-order valence-electron chi connectivity index (χ4n) is 1.04. The molecule has 10 heavy (non-hydrogen) atoms. The first-order chi connectivity index (χ1) is 4.75. The number of rotatable bonds is 1. The second-order valence-electron chi connectivity index (χ2n) is 2.50. The number of hydrogen-bond acceptors (Lipinski definition) is 3. The number of hydrogen-bond donors (Lipinski definition) is 2. The van der Waals surface area contributed by atoms with Crippen LogP contribution in [0.2, 0.25) is 0 Å². The highest BCUT2D eigenvalue weighted by atomic mass is 16.5. The van der Waals surface area contributed by atoms with E-state index in [1.165, 1.54) is 0 Å². The Morgan fingerprint density at radius 2 is 2.60 bits per heavy atom. The molecule has 0 bridgehead atoms. The van der Waals surface area contributed by atoms with Crippen LogP contribution >= 0.6 is 0 Å². The number of aliphatic hydroxyl groups is 1. The van der Waals surface area contributed by atoms with E-state index >= 15 is 0 Å². The topological polar surface area (TPSA) is 55.5 Å². The van der Waals surface area contributed by atoms with Gasteiger partial charge in [0, 0.05) is 0 Å². The highest BCUT2D eigenvalue weighted by Gasteiger charge is 2.24. The second kappa shape index (κ2) is 3.14. The first-order valence-corrected chi connectivity index (χ1v) is 3.42. The van der Waals surface area contributed by atoms with Crippen LogP contribution in [0.25, 0.3) is 0 Å². The molecule has 0 aromatic heterocycles. The average molecular weight is 143 g/mol. The first-order valence-electron chi connectivity index (χ1n) is 3.42. The van der Waals surface area contributed by atoms with Crippen molar-refractivity contribution in [1.82, 2.24) is 0 Å². The Hall–Kier alpha value is -0.380. The summed E-state index contributed by atoms with van der Waals surface area (Å²) in [5.41, 5.74) is 6.71. The third-order valence-electron chi connectivity index (χ3n) is 1.80. The van der Waals surface area contributed by atoms with Gasteiger partial charge >= 0.3 is 0 Å². The molecule has 0 aliphatic carbocycles. The molecule has 0 aromatic carbocycles. The normalized spacial score (nSPS) is 37.3. The molecule has 1 aliphatic rings. The van der Waals surface area contributed by atoms with E-state index < -0.39 is 0 Å². The van der Waals surface area contributed by atoms with Crippen molar-refractivity contribution in [1.29, 1.82) is 0 Å². The number of aliphatic hydroxyl groups excluding tert-OH is 1. The summed E-state index contributed by atoms with van der Waals surface area (Å²) in [6.45, 7) is 2.56. The van der Waals surface area contributed by atoms with Crippen molar-refractivity contribution in [3.8, 4) is 0 Å². The predicted octanol–water partition coefficient (Wildman–Crippen LogP) is -0.349. The molecule has 1 heterocycles. The molecule has 0 saturated carbocycles. The minimum absolute atomic E-state index is 0.0212. The highest BCUT2D eigenvalue weighted by Crippen LogP contribution is 2.16. The van der Waals surface area contributed by atoms with Crippen LogP contribution in [0.3, 0.4) is 0 Å². The van der Waals surface area contributed by atoms with E-state index in [9.17, 15) is 0 Å². The Bertz CT molecular complexity index is 145. The van der Waals surface area contributed by atoms with Crippen molar-refractivity contribution < 1.29 is 9.84 Å². The van der Waals surface area contributed by atoms with Crippen LogP contribution in [0.1, 0.15) is 6.92 Å². The molecule has 1 fully saturated rings. The Morgan fingerprint density at radius 3 is 3.00 bits per heavy atom. The van der Waals surface area contributed by atoms with Crippen molar-refractivity contribution >= 4 is 0 Å². The summed E-state index contributed by atoms with van der Waals surface area (Å²) in [5.74, 6) is 0. The summed E-state index contributed by atoms with van der Waals surface area (Å²) < 4.78 is 5.23. The van der Waals surface area contributed by atoms with Crippen LogP contribution in [-0.2, 0) is 4.74 Å². The largest absolute Gasteiger partial charge is 0.392 e. The van der Waals surface area contributed by atoms with Gasteiger partial charge in [-0.1, -0.05) is 6.08 Å². The zero-order valence-electron chi connectivity index (χ0n) is 6.08. The van der Waals surface area contributed by atoms with Gasteiger partial charge in [0.25, 0.3) is 0 Å². The summed E-state index contributed by atoms with van der Waals surface area (Å²) in [6, 6.07) is -0.0212. The Kier molecular flexibility index (Phi) is 2.43. The number of ether oxygens (including phenoxy) is 1. The number of nitrogens with two attached hydrogens (primary N) is 1. The van der Waals surface area contributed by atoms with Gasteiger partial charge in [0.15, 0.2) is 0 Å². The summed E-state index contributed by atoms with van der Waals surface area (Å²) in [5, 5.41) is 8.54. The van der Waals surface area contributed by atoms with Gasteiger partial charge in [-0.2, -0.15) is 0 Å². The maximum atomic E-state index is 8.54. The van der Waals surface area contributed by atoms with Gasteiger partial charge in [-0.3, -0.25) is 0 Å². The quantitative estimate of drug-likeness (QED) is 0.493. The summed E-state index contributed by atoms with van der Waals surface area (Å²) >= 11 is 0. The third kappa shape index (κ3) is 1.37. The molecule has 3 N–H and O–H groups in total. The molecule has 3 heteroatoms. The minimum atomic E-state index is -0.0212. The smallest absolute Gasteiger partial charge is 0.0741 e. The third-order valence-corrected chi connectivity index (χ3v) is 1.80. The van der Waals surface area contributed by atoms with Gasteiger partial charge in [0.1, 0.15) is 0 Å². The molecule has 0 amide bonds. The van der Waals surface area contributed by atoms with E-state index in [-0.39, 0.29) is 18.8 Å². The zero-order chi connectivity index (χ0) is 7.56. The zero-order valence-corrected chi connectivity index (χ0v) is 6.08. The molecular formula is C7H13NO2. The molecule has 0 radical (unpaired) electrons. The highest BCUT2D eigenvalue weighted by molar-refractivity contribution is 5.16. The molecule has 0 aromatic rings. The molecule has 58 valence electrons. The monoisotopic (exact) mass is 143 g/mol. The van der Waals surface area contributed by atoms with Gasteiger partial charge in [-0.15, -0.1) is 0 Å². The Balaban J connectivity index is 2.57. The molecule has 2 atom stereocenters. The van der Waals surface area contributed by atoms with E-state index in [4.69, 9.17) is 15.6 Å². The van der Waals surface area contributed by atoms with Gasteiger partial charge in [0.2, 0.25) is 0 Å². The summed E-state index contributed by atoms with van der Waals surface area (Å²) in [7, 11) is 0. The van der Waals surface area contributed by atoms with Gasteiger partial charge in [-0.05, 0) is 12.5 Å². The lowest BCUT2D eigenvalue weighted by atomic mass is 10.1. The Morgan fingerprint density at radius 1 is 1.90 bits per heavy atom. The summed E-state index contributed by atoms with van der Waals surface area (Å²) in [6.07, 6.45) is 1.81. The van der Waals surface area contributed by atoms with Gasteiger partial charge < -0.3 is 15.6 Å².